The summed E-state index contributed by atoms with van der Waals surface area (Å²) < 4.78 is 10.9. The summed E-state index contributed by atoms with van der Waals surface area (Å²) in [6.45, 7) is 0. The summed E-state index contributed by atoms with van der Waals surface area (Å²) in [4.78, 5) is 0. The van der Waals surface area contributed by atoms with Gasteiger partial charge in [-0.05, 0) is 12.8 Å². The summed E-state index contributed by atoms with van der Waals surface area (Å²) in [5.41, 5.74) is 0. The second-order valence-corrected chi connectivity index (χ2v) is 1.32. The molecule has 1 unspecified atom stereocenters. The highest BCUT2D eigenvalue weighted by molar-refractivity contribution is 5.15. The summed E-state index contributed by atoms with van der Waals surface area (Å²) in [5, 5.41) is 0. The molecule has 1 atom stereocenters. The van der Waals surface area contributed by atoms with Crippen LogP contribution in [0.1, 0.15) is 6.42 Å². The van der Waals surface area contributed by atoms with E-state index in [1.165, 1.54) is 6.17 Å². The second-order valence-electron chi connectivity index (χ2n) is 1.32. The summed E-state index contributed by atoms with van der Waals surface area (Å²) in [7, 11) is 0. The van der Waals surface area contributed by atoms with E-state index in [9.17, 15) is 4.39 Å². The average molecular weight is 83.1 g/mol. The van der Waals surface area contributed by atoms with Crippen LogP contribution in [0.4, 0.5) is 4.39 Å². The Bertz CT molecular complexity index is 92.2. The first kappa shape index (κ1) is 3.67. The third-order valence-electron chi connectivity index (χ3n) is 0.711. The van der Waals surface area contributed by atoms with Gasteiger partial charge >= 0.3 is 0 Å². The zero-order chi connectivity index (χ0) is 4.41. The molecular weight excluding hydrogens is 79.1 g/mol. The first-order valence-corrected chi connectivity index (χ1v) is 1.88. The summed E-state index contributed by atoms with van der Waals surface area (Å²) in [6, 6.07) is 0. The Balaban J connectivity index is 2.27. The topological polar surface area (TPSA) is 0 Å². The van der Waals surface area contributed by atoms with Gasteiger partial charge in [0.25, 0.3) is 0 Å². The molecule has 0 saturated heterocycles. The zero-order valence-electron chi connectivity index (χ0n) is 3.24. The maximum absolute atomic E-state index is 10.9. The van der Waals surface area contributed by atoms with Crippen LogP contribution in [0.2, 0.25) is 0 Å². The van der Waals surface area contributed by atoms with Crippen LogP contribution in [0.15, 0.2) is 0 Å². The van der Waals surface area contributed by atoms with Crippen molar-refractivity contribution in [2.45, 2.75) is 6.42 Å². The molecule has 1 fully saturated rings. The van der Waals surface area contributed by atoms with Crippen LogP contribution in [-0.2, 0) is 0 Å². The smallest absolute Gasteiger partial charge is 0.105 e. The van der Waals surface area contributed by atoms with Crippen molar-refractivity contribution in [3.05, 3.63) is 6.42 Å². The molecule has 1 saturated carbocycles. The number of rotatable bonds is 0. The lowest BCUT2D eigenvalue weighted by Crippen LogP contribution is -1.56. The van der Waals surface area contributed by atoms with E-state index in [1.54, 1.807) is 0 Å². The highest BCUT2D eigenvalue weighted by atomic mass is 19.1. The van der Waals surface area contributed by atoms with Gasteiger partial charge in [-0.15, -0.1) is 4.39 Å². The molecule has 0 heterocycles. The third kappa shape index (κ3) is 0.718. The molecule has 31 valence electrons. The van der Waals surface area contributed by atoms with Crippen molar-refractivity contribution in [3.8, 4) is 12.1 Å². The molecule has 1 aliphatic carbocycles. The highest BCUT2D eigenvalue weighted by Crippen LogP contribution is 2.25. The molecule has 0 amide bonds. The fraction of sp³-hybridized carbons (Fsp3) is 0.400. The predicted octanol–water partition coefficient (Wildman–Crippen LogP) is 1.14. The minimum Gasteiger partial charge on any atom is -0.144 e. The van der Waals surface area contributed by atoms with Crippen LogP contribution in [0, 0.1) is 24.4 Å². The molecule has 0 aromatic rings. The molecule has 0 aromatic carbocycles. The Morgan fingerprint density at radius 3 is 2.67 bits per heavy atom. The van der Waals surface area contributed by atoms with Crippen LogP contribution in [0.25, 0.3) is 0 Å². The van der Waals surface area contributed by atoms with Gasteiger partial charge in [0, 0.05) is 5.92 Å². The van der Waals surface area contributed by atoms with Crippen LogP contribution < -0.4 is 0 Å². The summed E-state index contributed by atoms with van der Waals surface area (Å²) in [5.74, 6) is 2.63. The van der Waals surface area contributed by atoms with E-state index < -0.39 is 0 Å². The van der Waals surface area contributed by atoms with E-state index in [2.05, 4.69) is 5.92 Å². The lowest BCUT2D eigenvalue weighted by Gasteiger charge is -1.59. The van der Waals surface area contributed by atoms with E-state index in [0.717, 1.165) is 6.42 Å². The Kier molecular flexibility index (Phi) is 0.795. The van der Waals surface area contributed by atoms with Crippen LogP contribution >= 0.6 is 0 Å². The van der Waals surface area contributed by atoms with Gasteiger partial charge in [-0.1, -0.05) is 5.92 Å². The SMILES string of the molecule is FC#CC1[CH]C1. The molecule has 1 heteroatoms. The van der Waals surface area contributed by atoms with Crippen molar-refractivity contribution in [1.29, 1.82) is 0 Å². The quantitative estimate of drug-likeness (QED) is 0.385. The standard InChI is InChI=1S/C5H4F/c6-4-3-5-1-2-5/h1,5H,2H2. The van der Waals surface area contributed by atoms with E-state index in [4.69, 9.17) is 0 Å². The van der Waals surface area contributed by atoms with Gasteiger partial charge in [-0.25, -0.2) is 0 Å². The Morgan fingerprint density at radius 2 is 2.50 bits per heavy atom. The maximum atomic E-state index is 10.9. The molecular formula is C5H4F. The van der Waals surface area contributed by atoms with Gasteiger partial charge in [0.1, 0.15) is 6.17 Å². The van der Waals surface area contributed by atoms with E-state index >= 15 is 0 Å². The molecule has 1 aliphatic rings. The fourth-order valence-electron chi connectivity index (χ4n) is 0.256. The Labute approximate surface area is 36.4 Å². The molecule has 0 nitrogen and oxygen atoms in total. The average Bonchev–Trinajstić information content (AvgIpc) is 2.21. The molecule has 1 rings (SSSR count). The number of halogens is 1. The molecule has 0 aromatic heterocycles. The zero-order valence-corrected chi connectivity index (χ0v) is 3.24. The second kappa shape index (κ2) is 1.30. The van der Waals surface area contributed by atoms with E-state index in [-0.39, 0.29) is 5.92 Å². The molecule has 6 heavy (non-hydrogen) atoms. The summed E-state index contributed by atoms with van der Waals surface area (Å²) >= 11 is 0. The predicted molar refractivity (Wildman–Crippen MR) is 21.3 cm³/mol. The van der Waals surface area contributed by atoms with Crippen molar-refractivity contribution in [1.82, 2.24) is 0 Å². The van der Waals surface area contributed by atoms with Gasteiger partial charge in [0.05, 0.1) is 0 Å². The van der Waals surface area contributed by atoms with E-state index in [0.29, 0.717) is 0 Å². The van der Waals surface area contributed by atoms with Crippen molar-refractivity contribution < 1.29 is 4.39 Å². The van der Waals surface area contributed by atoms with Crippen LogP contribution in [0.5, 0.6) is 0 Å². The van der Waals surface area contributed by atoms with Crippen LogP contribution in [0.3, 0.4) is 0 Å². The highest BCUT2D eigenvalue weighted by Gasteiger charge is 2.18. The van der Waals surface area contributed by atoms with Gasteiger partial charge in [0.15, 0.2) is 0 Å². The lowest BCUT2D eigenvalue weighted by atomic mass is 10.5. The molecule has 0 N–H and O–H groups in total. The Hall–Kier alpha value is -0.510. The maximum Gasteiger partial charge on any atom is 0.105 e. The van der Waals surface area contributed by atoms with Crippen molar-refractivity contribution >= 4 is 0 Å². The first-order valence-electron chi connectivity index (χ1n) is 1.88. The third-order valence-corrected chi connectivity index (χ3v) is 0.711. The molecule has 0 spiro atoms. The molecule has 0 aliphatic heterocycles. The van der Waals surface area contributed by atoms with Gasteiger partial charge in [-0.2, -0.15) is 0 Å². The van der Waals surface area contributed by atoms with Gasteiger partial charge < -0.3 is 0 Å². The first-order chi connectivity index (χ1) is 2.93. The molecule has 0 bridgehead atoms. The van der Waals surface area contributed by atoms with Gasteiger partial charge in [-0.3, -0.25) is 0 Å². The minimum absolute atomic E-state index is 0.287. The van der Waals surface area contributed by atoms with Gasteiger partial charge in [0.2, 0.25) is 0 Å². The van der Waals surface area contributed by atoms with Crippen LogP contribution in [-0.4, -0.2) is 0 Å². The summed E-state index contributed by atoms with van der Waals surface area (Å²) in [6.07, 6.45) is 4.30. The van der Waals surface area contributed by atoms with Crippen molar-refractivity contribution in [2.24, 2.45) is 5.92 Å². The lowest BCUT2D eigenvalue weighted by molar-refractivity contribution is 0.770. The fourth-order valence-corrected chi connectivity index (χ4v) is 0.256. The number of hydrogen-bond acceptors (Lipinski definition) is 0. The van der Waals surface area contributed by atoms with Crippen molar-refractivity contribution in [2.75, 3.05) is 0 Å². The molecule has 1 radical (unpaired) electrons. The Morgan fingerprint density at radius 1 is 1.83 bits per heavy atom. The minimum atomic E-state index is 0.287. The monoisotopic (exact) mass is 83.0 g/mol. The van der Waals surface area contributed by atoms with E-state index in [1.807, 2.05) is 6.42 Å². The van der Waals surface area contributed by atoms with Crippen molar-refractivity contribution in [3.63, 3.8) is 0 Å². The normalized spacial score (nSPS) is 18.8. The number of hydrogen-bond donors (Lipinski definition) is 0. The largest absolute Gasteiger partial charge is 0.144 e.